The predicted octanol–water partition coefficient (Wildman–Crippen LogP) is 2.85. The number of para-hydroxylation sites is 1. The van der Waals surface area contributed by atoms with Crippen LogP contribution in [-0.4, -0.2) is 63.4 Å². The summed E-state index contributed by atoms with van der Waals surface area (Å²) in [5, 5.41) is 0.977. The molecule has 1 aromatic carbocycles. The summed E-state index contributed by atoms with van der Waals surface area (Å²) in [5.74, 6) is 0.505. The lowest BCUT2D eigenvalue weighted by Gasteiger charge is -2.27. The van der Waals surface area contributed by atoms with Gasteiger partial charge in [0.25, 0.3) is 5.91 Å². The van der Waals surface area contributed by atoms with E-state index < -0.39 is 6.04 Å². The lowest BCUT2D eigenvalue weighted by atomic mass is 10.1. The fraction of sp³-hybridized carbons (Fsp3) is 0.348. The van der Waals surface area contributed by atoms with E-state index in [1.54, 1.807) is 17.3 Å². The van der Waals surface area contributed by atoms with Crippen LogP contribution in [0.5, 0.6) is 5.75 Å². The molecule has 0 spiro atoms. The zero-order valence-electron chi connectivity index (χ0n) is 16.7. The minimum absolute atomic E-state index is 0.0225. The topological polar surface area (TPSA) is 78.5 Å². The van der Waals surface area contributed by atoms with Crippen LogP contribution in [0.2, 0.25) is 0 Å². The number of aromatic nitrogens is 2. The minimum Gasteiger partial charge on any atom is -0.487 e. The smallest absolute Gasteiger partial charge is 0.271 e. The van der Waals surface area contributed by atoms with Gasteiger partial charge in [-0.15, -0.1) is 0 Å². The third-order valence-electron chi connectivity index (χ3n) is 5.92. The highest BCUT2D eigenvalue weighted by atomic mass is 16.5. The summed E-state index contributed by atoms with van der Waals surface area (Å²) in [6, 6.07) is 12.8. The lowest BCUT2D eigenvalue weighted by molar-refractivity contribution is -0.134. The van der Waals surface area contributed by atoms with Crippen LogP contribution >= 0.6 is 0 Å². The van der Waals surface area contributed by atoms with E-state index in [1.165, 1.54) is 0 Å². The molecular formula is C23H24N4O3. The summed E-state index contributed by atoms with van der Waals surface area (Å²) < 4.78 is 6.06. The van der Waals surface area contributed by atoms with Gasteiger partial charge in [0.1, 0.15) is 23.6 Å². The average Bonchev–Trinajstić information content (AvgIpc) is 3.52. The molecule has 2 aromatic heterocycles. The third-order valence-corrected chi connectivity index (χ3v) is 5.92. The Morgan fingerprint density at radius 2 is 1.93 bits per heavy atom. The van der Waals surface area contributed by atoms with Gasteiger partial charge < -0.3 is 19.5 Å². The van der Waals surface area contributed by atoms with Gasteiger partial charge in [-0.1, -0.05) is 18.2 Å². The molecule has 2 fully saturated rings. The van der Waals surface area contributed by atoms with Crippen molar-refractivity contribution in [3.8, 4) is 5.75 Å². The summed E-state index contributed by atoms with van der Waals surface area (Å²) in [5.41, 5.74) is 1.41. The molecule has 5 rings (SSSR count). The molecule has 0 unspecified atom stereocenters. The second-order valence-electron chi connectivity index (χ2n) is 7.94. The van der Waals surface area contributed by atoms with Gasteiger partial charge >= 0.3 is 0 Å². The second-order valence-corrected chi connectivity index (χ2v) is 7.94. The number of carbonyl (C=O) groups is 2. The zero-order chi connectivity index (χ0) is 20.5. The minimum atomic E-state index is -0.510. The van der Waals surface area contributed by atoms with Crippen molar-refractivity contribution < 1.29 is 14.3 Å². The second kappa shape index (κ2) is 7.82. The van der Waals surface area contributed by atoms with Crippen molar-refractivity contribution in [1.82, 2.24) is 19.8 Å². The molecule has 2 atom stereocenters. The van der Waals surface area contributed by atoms with E-state index in [9.17, 15) is 9.59 Å². The molecular weight excluding hydrogens is 380 g/mol. The Hall–Kier alpha value is -3.35. The predicted molar refractivity (Wildman–Crippen MR) is 112 cm³/mol. The van der Waals surface area contributed by atoms with E-state index in [1.807, 2.05) is 47.4 Å². The van der Waals surface area contributed by atoms with Crippen molar-refractivity contribution in [2.75, 3.05) is 19.6 Å². The number of amides is 2. The van der Waals surface area contributed by atoms with E-state index in [4.69, 9.17) is 4.74 Å². The number of pyridine rings is 1. The molecule has 1 N–H and O–H groups in total. The number of hydrogen-bond donors (Lipinski definition) is 1. The molecule has 154 valence electrons. The molecule has 30 heavy (non-hydrogen) atoms. The molecule has 4 heterocycles. The number of rotatable bonds is 4. The normalized spacial score (nSPS) is 21.3. The summed E-state index contributed by atoms with van der Waals surface area (Å²) >= 11 is 0. The van der Waals surface area contributed by atoms with Crippen LogP contribution in [0.3, 0.4) is 0 Å². The first kappa shape index (κ1) is 18.7. The van der Waals surface area contributed by atoms with E-state index in [2.05, 4.69) is 9.97 Å². The highest BCUT2D eigenvalue weighted by molar-refractivity contribution is 6.00. The highest BCUT2D eigenvalue weighted by Crippen LogP contribution is 2.27. The number of likely N-dealkylation sites (tertiary alicyclic amines) is 2. The summed E-state index contributed by atoms with van der Waals surface area (Å²) in [6.45, 7) is 1.89. The highest BCUT2D eigenvalue weighted by Gasteiger charge is 2.43. The van der Waals surface area contributed by atoms with Crippen LogP contribution < -0.4 is 4.74 Å². The molecule has 2 aliphatic heterocycles. The molecule has 0 saturated carbocycles. The number of H-pyrrole nitrogens is 1. The van der Waals surface area contributed by atoms with Gasteiger partial charge in [0.05, 0.1) is 12.7 Å². The Morgan fingerprint density at radius 1 is 1.10 bits per heavy atom. The van der Waals surface area contributed by atoms with Crippen molar-refractivity contribution in [1.29, 1.82) is 0 Å². The van der Waals surface area contributed by atoms with Crippen LogP contribution in [0, 0.1) is 0 Å². The number of benzene rings is 1. The number of nitrogens with zero attached hydrogens (tertiary/aromatic N) is 3. The Labute approximate surface area is 174 Å². The molecule has 2 amide bonds. The Morgan fingerprint density at radius 3 is 2.70 bits per heavy atom. The number of fused-ring (bicyclic) bond motifs is 1. The fourth-order valence-corrected chi connectivity index (χ4v) is 4.44. The molecule has 2 saturated heterocycles. The van der Waals surface area contributed by atoms with E-state index in [-0.39, 0.29) is 17.9 Å². The van der Waals surface area contributed by atoms with Crippen molar-refractivity contribution in [3.63, 3.8) is 0 Å². The van der Waals surface area contributed by atoms with E-state index in [0.29, 0.717) is 24.4 Å². The van der Waals surface area contributed by atoms with Gasteiger partial charge in [-0.3, -0.25) is 14.6 Å². The summed E-state index contributed by atoms with van der Waals surface area (Å²) in [7, 11) is 0. The SMILES string of the molecule is O=C([C@@H]1C[C@H](Oc2cccnc2)CN1C(=O)c1cc2ccccc2[nH]1)N1CCCC1. The van der Waals surface area contributed by atoms with Crippen molar-refractivity contribution >= 4 is 22.7 Å². The lowest BCUT2D eigenvalue weighted by Crippen LogP contribution is -2.47. The van der Waals surface area contributed by atoms with Gasteiger partial charge in [-0.25, -0.2) is 0 Å². The largest absolute Gasteiger partial charge is 0.487 e. The summed E-state index contributed by atoms with van der Waals surface area (Å²) in [4.78, 5) is 37.5. The maximum absolute atomic E-state index is 13.4. The van der Waals surface area contributed by atoms with Crippen LogP contribution in [0.1, 0.15) is 29.8 Å². The molecule has 0 radical (unpaired) electrons. The number of ether oxygens (including phenoxy) is 1. The number of aromatic amines is 1. The molecule has 3 aromatic rings. The number of nitrogens with one attached hydrogen (secondary N) is 1. The van der Waals surface area contributed by atoms with Gasteiger partial charge in [0.15, 0.2) is 0 Å². The zero-order valence-corrected chi connectivity index (χ0v) is 16.7. The first-order chi connectivity index (χ1) is 14.7. The van der Waals surface area contributed by atoms with Gasteiger partial charge in [-0.2, -0.15) is 0 Å². The number of carbonyl (C=O) groups excluding carboxylic acids is 2. The third kappa shape index (κ3) is 3.51. The fourth-order valence-electron chi connectivity index (χ4n) is 4.44. The first-order valence-electron chi connectivity index (χ1n) is 10.4. The van der Waals surface area contributed by atoms with E-state index >= 15 is 0 Å². The monoisotopic (exact) mass is 404 g/mol. The molecule has 7 nitrogen and oxygen atoms in total. The average molecular weight is 404 g/mol. The van der Waals surface area contributed by atoms with Gasteiger partial charge in [-0.05, 0) is 37.1 Å². The van der Waals surface area contributed by atoms with Crippen molar-refractivity contribution in [2.24, 2.45) is 0 Å². The Balaban J connectivity index is 1.41. The van der Waals surface area contributed by atoms with Gasteiger partial charge in [0.2, 0.25) is 5.91 Å². The summed E-state index contributed by atoms with van der Waals surface area (Å²) in [6.07, 6.45) is 5.61. The van der Waals surface area contributed by atoms with Gasteiger partial charge in [0, 0.05) is 36.6 Å². The molecule has 0 aliphatic carbocycles. The molecule has 7 heteroatoms. The first-order valence-corrected chi connectivity index (χ1v) is 10.4. The van der Waals surface area contributed by atoms with Crippen LogP contribution in [-0.2, 0) is 4.79 Å². The Bertz CT molecular complexity index is 1030. The quantitative estimate of drug-likeness (QED) is 0.725. The molecule has 0 bridgehead atoms. The van der Waals surface area contributed by atoms with Crippen molar-refractivity contribution in [3.05, 3.63) is 60.6 Å². The van der Waals surface area contributed by atoms with E-state index in [0.717, 1.165) is 36.8 Å². The van der Waals surface area contributed by atoms with Crippen LogP contribution in [0.25, 0.3) is 10.9 Å². The van der Waals surface area contributed by atoms with Crippen molar-refractivity contribution in [2.45, 2.75) is 31.4 Å². The van der Waals surface area contributed by atoms with Crippen LogP contribution in [0.15, 0.2) is 54.9 Å². The van der Waals surface area contributed by atoms with Crippen LogP contribution in [0.4, 0.5) is 0 Å². The standard InChI is InChI=1S/C23H24N4O3/c28-22(20-12-16-6-1-2-8-19(16)25-20)27-15-18(30-17-7-5-9-24-14-17)13-21(27)23(29)26-10-3-4-11-26/h1-2,5-9,12,14,18,21,25H,3-4,10-11,13,15H2/t18-,21-/m0/s1. The molecule has 2 aliphatic rings. The Kier molecular flexibility index (Phi) is 4.86. The maximum atomic E-state index is 13.4. The maximum Gasteiger partial charge on any atom is 0.271 e. The number of hydrogen-bond acceptors (Lipinski definition) is 4.